The van der Waals surface area contributed by atoms with Crippen molar-refractivity contribution in [2.75, 3.05) is 6.54 Å². The van der Waals surface area contributed by atoms with Crippen LogP contribution in [0.25, 0.3) is 0 Å². The molecular formula is C13H29Cl2NSi. The Kier molecular flexibility index (Phi) is 15.5. The summed E-state index contributed by atoms with van der Waals surface area (Å²) in [4.78, 5) is 0. The van der Waals surface area contributed by atoms with Gasteiger partial charge < -0.3 is 5.73 Å². The lowest BCUT2D eigenvalue weighted by Gasteiger charge is -2.02. The zero-order chi connectivity index (χ0) is 12.8. The van der Waals surface area contributed by atoms with E-state index in [2.05, 4.69) is 0 Å². The van der Waals surface area contributed by atoms with Crippen LogP contribution in [0.3, 0.4) is 0 Å². The second-order valence-corrected chi connectivity index (χ2v) is 10.0. The molecule has 0 atom stereocenters. The van der Waals surface area contributed by atoms with E-state index in [1.165, 1.54) is 70.6 Å². The molecule has 0 aliphatic rings. The summed E-state index contributed by atoms with van der Waals surface area (Å²) in [7, 11) is -1.32. The topological polar surface area (TPSA) is 26.0 Å². The maximum absolute atomic E-state index is 5.81. The van der Waals surface area contributed by atoms with E-state index >= 15 is 0 Å². The van der Waals surface area contributed by atoms with E-state index < -0.39 is 7.42 Å². The summed E-state index contributed by atoms with van der Waals surface area (Å²) in [5.74, 6) is 0. The van der Waals surface area contributed by atoms with Crippen LogP contribution >= 0.6 is 22.2 Å². The fourth-order valence-corrected chi connectivity index (χ4v) is 3.56. The molecule has 2 N–H and O–H groups in total. The summed E-state index contributed by atoms with van der Waals surface area (Å²) in [6, 6.07) is 1.09. The molecule has 0 unspecified atom stereocenters. The van der Waals surface area contributed by atoms with Gasteiger partial charge >= 0.3 is 0 Å². The number of hydrogen-bond donors (Lipinski definition) is 1. The first-order chi connectivity index (χ1) is 8.27. The largest absolute Gasteiger partial charge is 0.330 e. The van der Waals surface area contributed by atoms with Gasteiger partial charge in [-0.05, 0) is 19.0 Å². The Balaban J connectivity index is 2.89. The fourth-order valence-electron chi connectivity index (χ4n) is 2.03. The first-order valence-corrected chi connectivity index (χ1v) is 11.6. The Morgan fingerprint density at radius 3 is 1.29 bits per heavy atom. The van der Waals surface area contributed by atoms with Crippen molar-refractivity contribution < 1.29 is 0 Å². The van der Waals surface area contributed by atoms with Crippen molar-refractivity contribution in [1.29, 1.82) is 0 Å². The van der Waals surface area contributed by atoms with Crippen molar-refractivity contribution in [3.63, 3.8) is 0 Å². The van der Waals surface area contributed by atoms with Crippen molar-refractivity contribution in [3.8, 4) is 0 Å². The molecule has 0 aromatic rings. The Morgan fingerprint density at radius 1 is 0.588 bits per heavy atom. The average Bonchev–Trinajstić information content (AvgIpc) is 2.30. The number of nitrogens with two attached hydrogens (primary N) is 1. The van der Waals surface area contributed by atoms with Crippen LogP contribution in [0.1, 0.15) is 70.6 Å². The highest BCUT2D eigenvalue weighted by Gasteiger charge is 2.00. The van der Waals surface area contributed by atoms with Crippen LogP contribution in [-0.4, -0.2) is 14.0 Å². The van der Waals surface area contributed by atoms with Crippen LogP contribution in [0.4, 0.5) is 0 Å². The lowest BCUT2D eigenvalue weighted by Crippen LogP contribution is -1.97. The van der Waals surface area contributed by atoms with Gasteiger partial charge in [0.2, 0.25) is 7.42 Å². The van der Waals surface area contributed by atoms with Gasteiger partial charge in [0.1, 0.15) is 0 Å². The predicted molar refractivity (Wildman–Crippen MR) is 83.5 cm³/mol. The van der Waals surface area contributed by atoms with Crippen LogP contribution in [0.5, 0.6) is 0 Å². The molecular weight excluding hydrogens is 269 g/mol. The molecule has 0 rings (SSSR count). The molecule has 0 radical (unpaired) electrons. The molecule has 0 aliphatic carbocycles. The minimum Gasteiger partial charge on any atom is -0.330 e. The normalized spacial score (nSPS) is 11.3. The fraction of sp³-hybridized carbons (Fsp3) is 1.00. The smallest absolute Gasteiger partial charge is 0.237 e. The first kappa shape index (κ1) is 17.8. The zero-order valence-electron chi connectivity index (χ0n) is 11.1. The average molecular weight is 298 g/mol. The van der Waals surface area contributed by atoms with Crippen molar-refractivity contribution in [2.45, 2.75) is 76.7 Å². The molecule has 0 heterocycles. The third kappa shape index (κ3) is 16.8. The van der Waals surface area contributed by atoms with E-state index in [-0.39, 0.29) is 0 Å². The summed E-state index contributed by atoms with van der Waals surface area (Å²) in [6.45, 7) is 0.855. The molecule has 104 valence electrons. The second kappa shape index (κ2) is 14.8. The summed E-state index contributed by atoms with van der Waals surface area (Å²) in [6.07, 6.45) is 14.8. The molecule has 0 spiro atoms. The molecule has 4 heteroatoms. The highest BCUT2D eigenvalue weighted by atomic mass is 35.7. The minimum absolute atomic E-state index is 0.855. The van der Waals surface area contributed by atoms with Crippen LogP contribution in [-0.2, 0) is 0 Å². The van der Waals surface area contributed by atoms with Gasteiger partial charge in [-0.1, -0.05) is 64.2 Å². The summed E-state index contributed by atoms with van der Waals surface area (Å²) in [5.41, 5.74) is 5.45. The van der Waals surface area contributed by atoms with Gasteiger partial charge in [0, 0.05) is 0 Å². The lowest BCUT2D eigenvalue weighted by atomic mass is 10.1. The molecule has 17 heavy (non-hydrogen) atoms. The molecule has 0 aliphatic heterocycles. The van der Waals surface area contributed by atoms with E-state index in [1.54, 1.807) is 0 Å². The third-order valence-corrected chi connectivity index (χ3v) is 5.28. The molecule has 1 nitrogen and oxygen atoms in total. The van der Waals surface area contributed by atoms with Gasteiger partial charge in [0.15, 0.2) is 0 Å². The molecule has 0 amide bonds. The van der Waals surface area contributed by atoms with Crippen LogP contribution < -0.4 is 5.73 Å². The predicted octanol–water partition coefficient (Wildman–Crippen LogP) is 4.93. The standard InChI is InChI=1S/C13H29Cl2NSi/c14-17(15)13-11-9-7-5-3-1-2-4-6-8-10-12-16/h17H,1-13,16H2. The van der Waals surface area contributed by atoms with Gasteiger partial charge in [-0.25, -0.2) is 0 Å². The molecule has 0 saturated heterocycles. The second-order valence-electron chi connectivity index (χ2n) is 4.86. The lowest BCUT2D eigenvalue weighted by molar-refractivity contribution is 0.551. The van der Waals surface area contributed by atoms with E-state index in [0.717, 1.165) is 12.6 Å². The number of unbranched alkanes of at least 4 members (excludes halogenated alkanes) is 10. The van der Waals surface area contributed by atoms with Gasteiger partial charge in [-0.15, -0.1) is 0 Å². The van der Waals surface area contributed by atoms with Crippen molar-refractivity contribution >= 4 is 29.6 Å². The minimum atomic E-state index is -1.32. The SMILES string of the molecule is NCCCCCCCCCCCCC[SiH](Cl)Cl. The molecule has 0 saturated carbocycles. The molecule has 0 bridgehead atoms. The van der Waals surface area contributed by atoms with E-state index in [1.807, 2.05) is 0 Å². The molecule has 0 aromatic carbocycles. The van der Waals surface area contributed by atoms with Crippen molar-refractivity contribution in [3.05, 3.63) is 0 Å². The van der Waals surface area contributed by atoms with Gasteiger partial charge in [-0.3, -0.25) is 0 Å². The number of rotatable bonds is 13. The van der Waals surface area contributed by atoms with Gasteiger partial charge in [-0.2, -0.15) is 22.2 Å². The molecule has 0 fully saturated rings. The molecule has 0 aromatic heterocycles. The Hall–Kier alpha value is 0.757. The zero-order valence-corrected chi connectivity index (χ0v) is 13.8. The summed E-state index contributed by atoms with van der Waals surface area (Å²) < 4.78 is 0. The Labute approximate surface area is 118 Å². The van der Waals surface area contributed by atoms with Gasteiger partial charge in [0.05, 0.1) is 0 Å². The summed E-state index contributed by atoms with van der Waals surface area (Å²) >= 11 is 11.6. The van der Waals surface area contributed by atoms with Crippen LogP contribution in [0.2, 0.25) is 6.04 Å². The highest BCUT2D eigenvalue weighted by Crippen LogP contribution is 2.14. The van der Waals surface area contributed by atoms with E-state index in [4.69, 9.17) is 27.9 Å². The first-order valence-electron chi connectivity index (χ1n) is 7.25. The van der Waals surface area contributed by atoms with E-state index in [0.29, 0.717) is 0 Å². The summed E-state index contributed by atoms with van der Waals surface area (Å²) in [5, 5.41) is 0. The monoisotopic (exact) mass is 297 g/mol. The Morgan fingerprint density at radius 2 is 0.941 bits per heavy atom. The quantitative estimate of drug-likeness (QED) is 0.291. The highest BCUT2D eigenvalue weighted by molar-refractivity contribution is 7.33. The Bertz CT molecular complexity index is 145. The van der Waals surface area contributed by atoms with Crippen molar-refractivity contribution in [1.82, 2.24) is 0 Å². The van der Waals surface area contributed by atoms with Crippen LogP contribution in [0, 0.1) is 0 Å². The number of halogens is 2. The maximum Gasteiger partial charge on any atom is 0.237 e. The van der Waals surface area contributed by atoms with Crippen molar-refractivity contribution in [2.24, 2.45) is 5.73 Å². The number of hydrogen-bond acceptors (Lipinski definition) is 1. The van der Waals surface area contributed by atoms with Gasteiger partial charge in [0.25, 0.3) is 0 Å². The maximum atomic E-state index is 5.81. The third-order valence-electron chi connectivity index (χ3n) is 3.13. The van der Waals surface area contributed by atoms with Crippen LogP contribution in [0.15, 0.2) is 0 Å². The van der Waals surface area contributed by atoms with E-state index in [9.17, 15) is 0 Å².